The van der Waals surface area contributed by atoms with Crippen LogP contribution in [-0.2, 0) is 6.54 Å². The van der Waals surface area contributed by atoms with E-state index >= 15 is 0 Å². The molecular formula is C17H30N4O2. The van der Waals surface area contributed by atoms with E-state index in [9.17, 15) is 0 Å². The zero-order valence-corrected chi connectivity index (χ0v) is 15.4. The van der Waals surface area contributed by atoms with Crippen molar-refractivity contribution in [3.63, 3.8) is 0 Å². The van der Waals surface area contributed by atoms with Crippen LogP contribution in [0.1, 0.15) is 19.4 Å². The smallest absolute Gasteiger partial charge is 0.191 e. The first-order chi connectivity index (χ1) is 10.8. The highest BCUT2D eigenvalue weighted by atomic mass is 16.5. The number of nitrogens with one attached hydrogen (secondary N) is 2. The van der Waals surface area contributed by atoms with Gasteiger partial charge in [-0.15, -0.1) is 0 Å². The van der Waals surface area contributed by atoms with Crippen LogP contribution in [0.5, 0.6) is 11.5 Å². The molecule has 0 spiro atoms. The number of guanidine groups is 1. The average Bonchev–Trinajstić information content (AvgIpc) is 2.54. The molecule has 0 saturated carbocycles. The molecule has 0 bridgehead atoms. The first-order valence-electron chi connectivity index (χ1n) is 7.67. The molecule has 0 aliphatic rings. The third-order valence-electron chi connectivity index (χ3n) is 4.03. The molecule has 0 aliphatic carbocycles. The summed E-state index contributed by atoms with van der Waals surface area (Å²) in [5, 5.41) is 6.66. The van der Waals surface area contributed by atoms with Gasteiger partial charge in [-0.05, 0) is 45.6 Å². The number of hydrogen-bond acceptors (Lipinski definition) is 4. The van der Waals surface area contributed by atoms with Gasteiger partial charge >= 0.3 is 0 Å². The van der Waals surface area contributed by atoms with E-state index in [1.54, 1.807) is 21.3 Å². The van der Waals surface area contributed by atoms with Gasteiger partial charge in [-0.3, -0.25) is 4.99 Å². The highest BCUT2D eigenvalue weighted by Gasteiger charge is 2.20. The average molecular weight is 322 g/mol. The lowest BCUT2D eigenvalue weighted by atomic mass is 10.0. The van der Waals surface area contributed by atoms with Crippen LogP contribution in [0.2, 0.25) is 0 Å². The Balaban J connectivity index is 2.62. The number of methoxy groups -OCH3 is 2. The number of nitrogens with zero attached hydrogens (tertiary/aromatic N) is 2. The molecular weight excluding hydrogens is 292 g/mol. The number of rotatable bonds is 7. The third kappa shape index (κ3) is 5.63. The number of ether oxygens (including phenoxy) is 2. The fraction of sp³-hybridized carbons (Fsp3) is 0.588. The monoisotopic (exact) mass is 322 g/mol. The van der Waals surface area contributed by atoms with Crippen LogP contribution in [0, 0.1) is 0 Å². The van der Waals surface area contributed by atoms with Crippen LogP contribution in [0.3, 0.4) is 0 Å². The number of aliphatic imine (C=N–C) groups is 1. The van der Waals surface area contributed by atoms with Gasteiger partial charge < -0.3 is 25.0 Å². The molecule has 0 radical (unpaired) electrons. The molecule has 0 aliphatic heterocycles. The van der Waals surface area contributed by atoms with E-state index in [0.717, 1.165) is 29.6 Å². The lowest BCUT2D eigenvalue weighted by Gasteiger charge is -2.33. The largest absolute Gasteiger partial charge is 0.493 e. The van der Waals surface area contributed by atoms with Gasteiger partial charge in [0.05, 0.1) is 14.2 Å². The van der Waals surface area contributed by atoms with Crippen molar-refractivity contribution in [2.45, 2.75) is 25.9 Å². The summed E-state index contributed by atoms with van der Waals surface area (Å²) in [6.45, 7) is 5.82. The van der Waals surface area contributed by atoms with Crippen LogP contribution in [-0.4, -0.2) is 58.3 Å². The zero-order chi connectivity index (χ0) is 17.5. The highest BCUT2D eigenvalue weighted by molar-refractivity contribution is 5.79. The van der Waals surface area contributed by atoms with Crippen molar-refractivity contribution in [2.24, 2.45) is 4.99 Å². The molecule has 6 nitrogen and oxygen atoms in total. The highest BCUT2D eigenvalue weighted by Crippen LogP contribution is 2.27. The van der Waals surface area contributed by atoms with Crippen LogP contribution in [0.25, 0.3) is 0 Å². The molecule has 23 heavy (non-hydrogen) atoms. The first kappa shape index (κ1) is 19.1. The molecule has 0 unspecified atom stereocenters. The van der Waals surface area contributed by atoms with Gasteiger partial charge in [0.2, 0.25) is 0 Å². The Bertz CT molecular complexity index is 527. The molecule has 0 fully saturated rings. The standard InChI is InChI=1S/C17H30N4O2/c1-17(2,21(4)5)12-20-16(18-3)19-11-13-8-9-14(22-6)15(10-13)23-7/h8-10H,11-12H2,1-7H3,(H2,18,19,20). The van der Waals surface area contributed by atoms with Crippen molar-refractivity contribution in [3.8, 4) is 11.5 Å². The van der Waals surface area contributed by atoms with E-state index in [2.05, 4.69) is 48.5 Å². The van der Waals surface area contributed by atoms with Crippen molar-refractivity contribution >= 4 is 5.96 Å². The molecule has 2 N–H and O–H groups in total. The van der Waals surface area contributed by atoms with Crippen molar-refractivity contribution in [1.82, 2.24) is 15.5 Å². The Morgan fingerprint density at radius 3 is 2.30 bits per heavy atom. The van der Waals surface area contributed by atoms with Crippen LogP contribution >= 0.6 is 0 Å². The van der Waals surface area contributed by atoms with Crippen molar-refractivity contribution in [1.29, 1.82) is 0 Å². The Hall–Kier alpha value is -1.95. The van der Waals surface area contributed by atoms with E-state index in [0.29, 0.717) is 6.54 Å². The van der Waals surface area contributed by atoms with Gasteiger partial charge in [-0.25, -0.2) is 0 Å². The molecule has 0 heterocycles. The Kier molecular flexibility index (Phi) is 7.16. The predicted molar refractivity (Wildman–Crippen MR) is 95.5 cm³/mol. The minimum atomic E-state index is 0.0426. The van der Waals surface area contributed by atoms with Crippen LogP contribution < -0.4 is 20.1 Å². The Morgan fingerprint density at radius 1 is 1.13 bits per heavy atom. The van der Waals surface area contributed by atoms with Gasteiger partial charge in [-0.2, -0.15) is 0 Å². The SMILES string of the molecule is CN=C(NCc1ccc(OC)c(OC)c1)NCC(C)(C)N(C)C. The van der Waals surface area contributed by atoms with E-state index < -0.39 is 0 Å². The fourth-order valence-corrected chi connectivity index (χ4v) is 1.86. The molecule has 1 aromatic carbocycles. The van der Waals surface area contributed by atoms with E-state index in [1.807, 2.05) is 18.2 Å². The topological polar surface area (TPSA) is 58.1 Å². The maximum Gasteiger partial charge on any atom is 0.191 e. The molecule has 6 heteroatoms. The lowest BCUT2D eigenvalue weighted by molar-refractivity contribution is 0.197. The summed E-state index contributed by atoms with van der Waals surface area (Å²) >= 11 is 0. The lowest BCUT2D eigenvalue weighted by Crippen LogP contribution is -2.50. The second-order valence-corrected chi connectivity index (χ2v) is 6.18. The molecule has 0 saturated heterocycles. The Labute approximate surface area is 139 Å². The third-order valence-corrected chi connectivity index (χ3v) is 4.03. The van der Waals surface area contributed by atoms with Gasteiger partial charge in [0.1, 0.15) is 0 Å². The van der Waals surface area contributed by atoms with Crippen LogP contribution in [0.15, 0.2) is 23.2 Å². The normalized spacial score (nSPS) is 12.3. The molecule has 1 rings (SSSR count). The molecule has 0 amide bonds. The van der Waals surface area contributed by atoms with Crippen molar-refractivity contribution < 1.29 is 9.47 Å². The molecule has 1 aromatic rings. The summed E-state index contributed by atoms with van der Waals surface area (Å²) < 4.78 is 10.6. The van der Waals surface area contributed by atoms with E-state index in [-0.39, 0.29) is 5.54 Å². The quantitative estimate of drug-likeness (QED) is 0.591. The second-order valence-electron chi connectivity index (χ2n) is 6.18. The second kappa shape index (κ2) is 8.62. The maximum absolute atomic E-state index is 5.32. The maximum atomic E-state index is 5.32. The summed E-state index contributed by atoms with van der Waals surface area (Å²) in [5.41, 5.74) is 1.14. The van der Waals surface area contributed by atoms with E-state index in [1.165, 1.54) is 0 Å². The number of benzene rings is 1. The summed E-state index contributed by atoms with van der Waals surface area (Å²) in [7, 11) is 9.18. The number of likely N-dealkylation sites (N-methyl/N-ethyl adjacent to an activating group) is 1. The van der Waals surface area contributed by atoms with Crippen LogP contribution in [0.4, 0.5) is 0 Å². The predicted octanol–water partition coefficient (Wildman–Crippen LogP) is 1.71. The first-order valence-corrected chi connectivity index (χ1v) is 7.67. The molecule has 130 valence electrons. The number of hydrogen-bond donors (Lipinski definition) is 2. The summed E-state index contributed by atoms with van der Waals surface area (Å²) in [5.74, 6) is 2.23. The molecule has 0 atom stereocenters. The zero-order valence-electron chi connectivity index (χ0n) is 15.4. The van der Waals surface area contributed by atoms with E-state index in [4.69, 9.17) is 9.47 Å². The molecule has 0 aromatic heterocycles. The van der Waals surface area contributed by atoms with Crippen molar-refractivity contribution in [3.05, 3.63) is 23.8 Å². The minimum absolute atomic E-state index is 0.0426. The fourth-order valence-electron chi connectivity index (χ4n) is 1.86. The summed E-state index contributed by atoms with van der Waals surface area (Å²) in [6, 6.07) is 5.87. The van der Waals surface area contributed by atoms with Gasteiger partial charge in [0, 0.05) is 25.7 Å². The minimum Gasteiger partial charge on any atom is -0.493 e. The van der Waals surface area contributed by atoms with Gasteiger partial charge in [0.25, 0.3) is 0 Å². The van der Waals surface area contributed by atoms with Crippen molar-refractivity contribution in [2.75, 3.05) is 41.9 Å². The van der Waals surface area contributed by atoms with Gasteiger partial charge in [-0.1, -0.05) is 6.07 Å². The summed E-state index contributed by atoms with van der Waals surface area (Å²) in [6.07, 6.45) is 0. The van der Waals surface area contributed by atoms with Gasteiger partial charge in [0.15, 0.2) is 17.5 Å². The summed E-state index contributed by atoms with van der Waals surface area (Å²) in [4.78, 5) is 6.44. The Morgan fingerprint density at radius 2 is 1.78 bits per heavy atom.